The van der Waals surface area contributed by atoms with Gasteiger partial charge >= 0.3 is 0 Å². The van der Waals surface area contributed by atoms with Gasteiger partial charge in [0.15, 0.2) is 0 Å². The molecule has 0 bridgehead atoms. The van der Waals surface area contributed by atoms with E-state index < -0.39 is 0 Å². The normalized spacial score (nSPS) is 10.4. The lowest BCUT2D eigenvalue weighted by molar-refractivity contribution is -0.122. The number of halogens is 2. The molecule has 2 N–H and O–H groups in total. The van der Waals surface area contributed by atoms with Crippen LogP contribution in [-0.4, -0.2) is 24.1 Å². The van der Waals surface area contributed by atoms with Crippen molar-refractivity contribution in [1.29, 1.82) is 0 Å². The Bertz CT molecular complexity index is 797. The number of thioether (sulfide) groups is 1. The summed E-state index contributed by atoms with van der Waals surface area (Å²) in [7, 11) is 0. The van der Waals surface area contributed by atoms with E-state index in [1.807, 2.05) is 32.0 Å². The molecule has 4 nitrogen and oxygen atoms in total. The quantitative estimate of drug-likeness (QED) is 0.708. The average molecular weight is 397 g/mol. The number of rotatable bonds is 6. The van der Waals surface area contributed by atoms with Gasteiger partial charge in [-0.15, -0.1) is 11.8 Å². The maximum atomic E-state index is 12.0. The van der Waals surface area contributed by atoms with Crippen molar-refractivity contribution in [3.8, 4) is 0 Å². The lowest BCUT2D eigenvalue weighted by Gasteiger charge is -2.11. The molecule has 0 spiro atoms. The van der Waals surface area contributed by atoms with E-state index in [0.717, 1.165) is 21.7 Å². The number of benzene rings is 2. The minimum absolute atomic E-state index is 0.0872. The molecule has 0 radical (unpaired) electrons. The zero-order valence-electron chi connectivity index (χ0n) is 13.9. The molecule has 0 saturated carbocycles. The molecule has 0 unspecified atom stereocenters. The standard InChI is InChI=1S/C18H18Cl2N2O2S/c1-11-4-3-5-15(12(11)2)22-17(23)9-21-18(24)10-25-16-8-13(19)6-7-14(16)20/h3-8H,9-10H2,1-2H3,(H,21,24)(H,22,23). The third kappa shape index (κ3) is 5.96. The molecular formula is C18H18Cl2N2O2S. The average Bonchev–Trinajstić information content (AvgIpc) is 2.58. The van der Waals surface area contributed by atoms with Crippen LogP contribution in [0, 0.1) is 13.8 Å². The first-order valence-corrected chi connectivity index (χ1v) is 9.31. The molecule has 0 heterocycles. The summed E-state index contributed by atoms with van der Waals surface area (Å²) in [5.74, 6) is -0.374. The maximum Gasteiger partial charge on any atom is 0.243 e. The monoisotopic (exact) mass is 396 g/mol. The van der Waals surface area contributed by atoms with E-state index in [1.165, 1.54) is 11.8 Å². The van der Waals surface area contributed by atoms with Gasteiger partial charge < -0.3 is 10.6 Å². The first-order valence-electron chi connectivity index (χ1n) is 7.57. The number of nitrogens with one attached hydrogen (secondary N) is 2. The highest BCUT2D eigenvalue weighted by Crippen LogP contribution is 2.29. The molecule has 2 amide bonds. The fourth-order valence-electron chi connectivity index (χ4n) is 2.04. The summed E-state index contributed by atoms with van der Waals surface area (Å²) in [6, 6.07) is 10.8. The van der Waals surface area contributed by atoms with Gasteiger partial charge in [0.1, 0.15) is 0 Å². The Kier molecular flexibility index (Phi) is 7.17. The van der Waals surface area contributed by atoms with Crippen LogP contribution >= 0.6 is 35.0 Å². The summed E-state index contributed by atoms with van der Waals surface area (Å²) in [6.45, 7) is 3.83. The zero-order valence-corrected chi connectivity index (χ0v) is 16.2. The Hall–Kier alpha value is -1.69. The van der Waals surface area contributed by atoms with Gasteiger partial charge in [0.05, 0.1) is 17.3 Å². The molecule has 0 aromatic heterocycles. The number of carbonyl (C=O) groups excluding carboxylic acids is 2. The largest absolute Gasteiger partial charge is 0.346 e. The Morgan fingerprint density at radius 3 is 2.60 bits per heavy atom. The number of hydrogen-bond donors (Lipinski definition) is 2. The van der Waals surface area contributed by atoms with Gasteiger partial charge in [-0.3, -0.25) is 9.59 Å². The smallest absolute Gasteiger partial charge is 0.243 e. The highest BCUT2D eigenvalue weighted by Gasteiger charge is 2.10. The van der Waals surface area contributed by atoms with Crippen molar-refractivity contribution in [2.45, 2.75) is 18.7 Å². The first kappa shape index (κ1) is 19.6. The number of carbonyl (C=O) groups is 2. The van der Waals surface area contributed by atoms with Crippen molar-refractivity contribution in [3.05, 3.63) is 57.6 Å². The Morgan fingerprint density at radius 2 is 1.84 bits per heavy atom. The van der Waals surface area contributed by atoms with Gasteiger partial charge in [0, 0.05) is 15.6 Å². The van der Waals surface area contributed by atoms with Gasteiger partial charge in [-0.2, -0.15) is 0 Å². The van der Waals surface area contributed by atoms with E-state index in [2.05, 4.69) is 10.6 Å². The van der Waals surface area contributed by atoms with Crippen molar-refractivity contribution < 1.29 is 9.59 Å². The van der Waals surface area contributed by atoms with Gasteiger partial charge in [-0.25, -0.2) is 0 Å². The Morgan fingerprint density at radius 1 is 1.08 bits per heavy atom. The number of aryl methyl sites for hydroxylation is 1. The van der Waals surface area contributed by atoms with Crippen molar-refractivity contribution >= 4 is 52.5 Å². The molecule has 2 aromatic carbocycles. The molecule has 0 aliphatic rings. The van der Waals surface area contributed by atoms with Gasteiger partial charge in [-0.1, -0.05) is 35.3 Å². The molecule has 0 aliphatic heterocycles. The fourth-order valence-corrected chi connectivity index (χ4v) is 3.36. The number of amides is 2. The van der Waals surface area contributed by atoms with E-state index in [1.54, 1.807) is 18.2 Å². The Balaban J connectivity index is 1.80. The highest BCUT2D eigenvalue weighted by atomic mass is 35.5. The van der Waals surface area contributed by atoms with Crippen molar-refractivity contribution in [2.75, 3.05) is 17.6 Å². The van der Waals surface area contributed by atoms with Crippen LogP contribution in [0.2, 0.25) is 10.0 Å². The first-order chi connectivity index (χ1) is 11.9. The summed E-state index contributed by atoms with van der Waals surface area (Å²) in [5, 5.41) is 6.48. The lowest BCUT2D eigenvalue weighted by Crippen LogP contribution is -2.34. The second-order valence-corrected chi connectivity index (χ2v) is 7.30. The SMILES string of the molecule is Cc1cccc(NC(=O)CNC(=O)CSc2cc(Cl)ccc2Cl)c1C. The molecule has 0 atom stereocenters. The molecule has 0 saturated heterocycles. The van der Waals surface area contributed by atoms with Gasteiger partial charge in [-0.05, 0) is 49.2 Å². The molecule has 25 heavy (non-hydrogen) atoms. The predicted octanol–water partition coefficient (Wildman–Crippen LogP) is 4.46. The predicted molar refractivity (Wildman–Crippen MR) is 105 cm³/mol. The van der Waals surface area contributed by atoms with Crippen LogP contribution in [0.4, 0.5) is 5.69 Å². The summed E-state index contributed by atoms with van der Waals surface area (Å²) in [4.78, 5) is 24.6. The van der Waals surface area contributed by atoms with Crippen LogP contribution < -0.4 is 10.6 Å². The lowest BCUT2D eigenvalue weighted by atomic mass is 10.1. The summed E-state index contributed by atoms with van der Waals surface area (Å²) < 4.78 is 0. The van der Waals surface area contributed by atoms with Gasteiger partial charge in [0.2, 0.25) is 11.8 Å². The van der Waals surface area contributed by atoms with E-state index in [9.17, 15) is 9.59 Å². The molecule has 2 aromatic rings. The van der Waals surface area contributed by atoms with Crippen LogP contribution in [0.5, 0.6) is 0 Å². The maximum absolute atomic E-state index is 12.0. The summed E-state index contributed by atoms with van der Waals surface area (Å²) >= 11 is 13.2. The molecule has 2 rings (SSSR count). The Labute approximate surface area is 161 Å². The van der Waals surface area contributed by atoms with Crippen LogP contribution in [0.3, 0.4) is 0 Å². The fraction of sp³-hybridized carbons (Fsp3) is 0.222. The molecule has 7 heteroatoms. The van der Waals surface area contributed by atoms with Crippen molar-refractivity contribution in [2.24, 2.45) is 0 Å². The van der Waals surface area contributed by atoms with E-state index in [0.29, 0.717) is 10.0 Å². The van der Waals surface area contributed by atoms with E-state index in [4.69, 9.17) is 23.2 Å². The van der Waals surface area contributed by atoms with Crippen LogP contribution in [0.25, 0.3) is 0 Å². The van der Waals surface area contributed by atoms with Gasteiger partial charge in [0.25, 0.3) is 0 Å². The third-order valence-electron chi connectivity index (χ3n) is 3.58. The highest BCUT2D eigenvalue weighted by molar-refractivity contribution is 8.00. The molecule has 0 aliphatic carbocycles. The molecule has 0 fully saturated rings. The summed E-state index contributed by atoms with van der Waals surface area (Å²) in [5.41, 5.74) is 2.85. The van der Waals surface area contributed by atoms with Crippen molar-refractivity contribution in [3.63, 3.8) is 0 Å². The van der Waals surface area contributed by atoms with Crippen LogP contribution in [0.1, 0.15) is 11.1 Å². The van der Waals surface area contributed by atoms with E-state index in [-0.39, 0.29) is 24.1 Å². The zero-order chi connectivity index (χ0) is 18.4. The van der Waals surface area contributed by atoms with Crippen LogP contribution in [-0.2, 0) is 9.59 Å². The number of hydrogen-bond acceptors (Lipinski definition) is 3. The van der Waals surface area contributed by atoms with E-state index >= 15 is 0 Å². The third-order valence-corrected chi connectivity index (χ3v) is 5.31. The number of anilines is 1. The van der Waals surface area contributed by atoms with Crippen molar-refractivity contribution in [1.82, 2.24) is 5.32 Å². The van der Waals surface area contributed by atoms with Crippen LogP contribution in [0.15, 0.2) is 41.3 Å². The second kappa shape index (κ2) is 9.13. The molecular weight excluding hydrogens is 379 g/mol. The summed E-state index contributed by atoms with van der Waals surface area (Å²) in [6.07, 6.45) is 0. The molecule has 132 valence electrons. The second-order valence-electron chi connectivity index (χ2n) is 5.44. The topological polar surface area (TPSA) is 58.2 Å². The minimum atomic E-state index is -0.271. The minimum Gasteiger partial charge on any atom is -0.346 e.